The predicted molar refractivity (Wildman–Crippen MR) is 105 cm³/mol. The molecule has 0 aliphatic carbocycles. The molecule has 1 N–H and O–H groups in total. The first-order chi connectivity index (χ1) is 13.6. The topological polar surface area (TPSA) is 89.3 Å². The van der Waals surface area contributed by atoms with Crippen molar-refractivity contribution < 1.29 is 9.59 Å². The van der Waals surface area contributed by atoms with E-state index in [9.17, 15) is 9.59 Å². The molecular weight excluding hydrogens is 354 g/mol. The van der Waals surface area contributed by atoms with Crippen LogP contribution in [0.15, 0.2) is 36.5 Å². The summed E-state index contributed by atoms with van der Waals surface area (Å²) < 4.78 is 0. The summed E-state index contributed by atoms with van der Waals surface area (Å²) in [7, 11) is 0. The van der Waals surface area contributed by atoms with Crippen molar-refractivity contribution in [3.63, 3.8) is 0 Å². The molecule has 2 saturated heterocycles. The van der Waals surface area contributed by atoms with Crippen LogP contribution in [0.4, 0.5) is 5.69 Å². The first kappa shape index (κ1) is 18.4. The molecular formula is C21H23N5O2. The number of aromatic nitrogens is 1. The molecule has 0 radical (unpaired) electrons. The van der Waals surface area contributed by atoms with E-state index >= 15 is 0 Å². The zero-order chi connectivity index (χ0) is 19.5. The average Bonchev–Trinajstić information content (AvgIpc) is 3.37. The summed E-state index contributed by atoms with van der Waals surface area (Å²) >= 11 is 0. The van der Waals surface area contributed by atoms with E-state index in [1.54, 1.807) is 11.1 Å². The van der Waals surface area contributed by atoms with Crippen LogP contribution in [-0.4, -0.2) is 58.8 Å². The predicted octanol–water partition coefficient (Wildman–Crippen LogP) is 2.01. The Labute approximate surface area is 163 Å². The molecule has 2 aliphatic rings. The van der Waals surface area contributed by atoms with Gasteiger partial charge in [-0.3, -0.25) is 19.5 Å². The third kappa shape index (κ3) is 3.82. The van der Waals surface area contributed by atoms with Gasteiger partial charge in [-0.05, 0) is 37.9 Å². The molecule has 1 aromatic heterocycles. The summed E-state index contributed by atoms with van der Waals surface area (Å²) in [5.74, 6) is -0.198. The van der Waals surface area contributed by atoms with Crippen LogP contribution >= 0.6 is 0 Å². The molecule has 4 rings (SSSR count). The van der Waals surface area contributed by atoms with E-state index in [-0.39, 0.29) is 30.3 Å². The van der Waals surface area contributed by atoms with E-state index in [2.05, 4.69) is 16.4 Å². The Balaban J connectivity index is 1.32. The maximum absolute atomic E-state index is 12.6. The maximum Gasteiger partial charge on any atom is 0.237 e. The van der Waals surface area contributed by atoms with Gasteiger partial charge in [0.05, 0.1) is 35.9 Å². The fraction of sp³-hybridized carbons (Fsp3) is 0.429. The molecule has 2 amide bonds. The largest absolute Gasteiger partial charge is 0.326 e. The molecule has 7 nitrogen and oxygen atoms in total. The number of carbonyl (C=O) groups excluding carboxylic acids is 2. The number of carbonyl (C=O) groups is 2. The average molecular weight is 377 g/mol. The zero-order valence-electron chi connectivity index (χ0n) is 15.7. The first-order valence-corrected chi connectivity index (χ1v) is 9.71. The smallest absolute Gasteiger partial charge is 0.237 e. The van der Waals surface area contributed by atoms with Crippen LogP contribution in [0.25, 0.3) is 10.9 Å². The number of rotatable bonds is 4. The van der Waals surface area contributed by atoms with Gasteiger partial charge in [-0.15, -0.1) is 0 Å². The molecule has 7 heteroatoms. The lowest BCUT2D eigenvalue weighted by Crippen LogP contribution is -2.42. The molecule has 144 valence electrons. The molecule has 3 heterocycles. The van der Waals surface area contributed by atoms with Gasteiger partial charge < -0.3 is 10.2 Å². The molecule has 2 aromatic rings. The summed E-state index contributed by atoms with van der Waals surface area (Å²) in [6, 6.07) is 11.6. The fourth-order valence-electron chi connectivity index (χ4n) is 4.06. The minimum absolute atomic E-state index is 0.0103. The highest BCUT2D eigenvalue weighted by Crippen LogP contribution is 2.22. The molecule has 1 aromatic carbocycles. The van der Waals surface area contributed by atoms with Gasteiger partial charge in [-0.2, -0.15) is 5.26 Å². The summed E-state index contributed by atoms with van der Waals surface area (Å²) in [5, 5.41) is 13.1. The molecule has 2 atom stereocenters. The number of anilines is 1. The van der Waals surface area contributed by atoms with Crippen LogP contribution < -0.4 is 5.32 Å². The van der Waals surface area contributed by atoms with Gasteiger partial charge in [0.2, 0.25) is 11.8 Å². The van der Waals surface area contributed by atoms with Gasteiger partial charge in [-0.1, -0.05) is 18.2 Å². The number of hydrogen-bond acceptors (Lipinski definition) is 5. The van der Waals surface area contributed by atoms with Gasteiger partial charge >= 0.3 is 0 Å². The number of nitriles is 1. The Morgan fingerprint density at radius 2 is 2.11 bits per heavy atom. The summed E-state index contributed by atoms with van der Waals surface area (Å²) in [6.45, 7) is 2.21. The van der Waals surface area contributed by atoms with Crippen LogP contribution in [0.2, 0.25) is 0 Å². The van der Waals surface area contributed by atoms with Gasteiger partial charge in [-0.25, -0.2) is 0 Å². The highest BCUT2D eigenvalue weighted by molar-refractivity contribution is 5.94. The van der Waals surface area contributed by atoms with Crippen LogP contribution in [0.3, 0.4) is 0 Å². The number of likely N-dealkylation sites (tertiary alicyclic amines) is 2. The minimum Gasteiger partial charge on any atom is -0.326 e. The highest BCUT2D eigenvalue weighted by atomic mass is 16.2. The lowest BCUT2D eigenvalue weighted by atomic mass is 10.1. The number of pyridine rings is 1. The van der Waals surface area contributed by atoms with Crippen molar-refractivity contribution in [3.05, 3.63) is 36.5 Å². The van der Waals surface area contributed by atoms with E-state index in [1.807, 2.05) is 35.2 Å². The lowest BCUT2D eigenvalue weighted by Gasteiger charge is -2.23. The monoisotopic (exact) mass is 377 g/mol. The SMILES string of the molecule is N#CC1CCCN1C(=O)CN1CC[C@@H](C(=O)Nc2cnc3ccccc3c2)C1. The van der Waals surface area contributed by atoms with Crippen molar-refractivity contribution in [2.24, 2.45) is 5.92 Å². The maximum atomic E-state index is 12.6. The molecule has 2 aliphatic heterocycles. The Kier molecular flexibility index (Phi) is 5.22. The third-order valence-corrected chi connectivity index (χ3v) is 5.58. The third-order valence-electron chi connectivity index (χ3n) is 5.58. The van der Waals surface area contributed by atoms with E-state index < -0.39 is 0 Å². The van der Waals surface area contributed by atoms with Gasteiger partial charge in [0.15, 0.2) is 0 Å². The van der Waals surface area contributed by atoms with Crippen molar-refractivity contribution in [1.82, 2.24) is 14.8 Å². The number of nitrogens with zero attached hydrogens (tertiary/aromatic N) is 4. The number of amides is 2. The molecule has 0 saturated carbocycles. The number of fused-ring (bicyclic) bond motifs is 1. The van der Waals surface area contributed by atoms with Crippen LogP contribution in [0.5, 0.6) is 0 Å². The summed E-state index contributed by atoms with van der Waals surface area (Å²) in [4.78, 5) is 33.2. The molecule has 2 fully saturated rings. The molecule has 1 unspecified atom stereocenters. The van der Waals surface area contributed by atoms with Crippen LogP contribution in [-0.2, 0) is 9.59 Å². The van der Waals surface area contributed by atoms with E-state index in [4.69, 9.17) is 5.26 Å². The molecule has 0 spiro atoms. The number of para-hydroxylation sites is 1. The van der Waals surface area contributed by atoms with Crippen LogP contribution in [0.1, 0.15) is 19.3 Å². The number of hydrogen-bond donors (Lipinski definition) is 1. The fourth-order valence-corrected chi connectivity index (χ4v) is 4.06. The Hall–Kier alpha value is -2.98. The van der Waals surface area contributed by atoms with E-state index in [0.717, 1.165) is 30.2 Å². The molecule has 0 bridgehead atoms. The zero-order valence-corrected chi connectivity index (χ0v) is 15.7. The summed E-state index contributed by atoms with van der Waals surface area (Å²) in [5.41, 5.74) is 1.58. The van der Waals surface area contributed by atoms with Crippen molar-refractivity contribution in [2.45, 2.75) is 25.3 Å². The Bertz CT molecular complexity index is 938. The van der Waals surface area contributed by atoms with E-state index in [1.165, 1.54) is 0 Å². The first-order valence-electron chi connectivity index (χ1n) is 9.71. The standard InChI is InChI=1S/C21H23N5O2/c22-11-18-5-3-8-26(18)20(27)14-25-9-7-16(13-25)21(28)24-17-10-15-4-1-2-6-19(15)23-12-17/h1-2,4,6,10,12,16,18H,3,5,7-9,13-14H2,(H,24,28)/t16-,18?/m1/s1. The van der Waals surface area contributed by atoms with Gasteiger partial charge in [0, 0.05) is 18.5 Å². The molecule has 28 heavy (non-hydrogen) atoms. The van der Waals surface area contributed by atoms with Gasteiger partial charge in [0.1, 0.15) is 6.04 Å². The van der Waals surface area contributed by atoms with Crippen molar-refractivity contribution in [2.75, 3.05) is 31.5 Å². The highest BCUT2D eigenvalue weighted by Gasteiger charge is 2.33. The number of nitrogens with one attached hydrogen (secondary N) is 1. The van der Waals surface area contributed by atoms with E-state index in [0.29, 0.717) is 25.3 Å². The van der Waals surface area contributed by atoms with Crippen LogP contribution in [0, 0.1) is 17.2 Å². The minimum atomic E-state index is -0.297. The lowest BCUT2D eigenvalue weighted by molar-refractivity contribution is -0.132. The van der Waals surface area contributed by atoms with Gasteiger partial charge in [0.25, 0.3) is 0 Å². The Morgan fingerprint density at radius 3 is 2.96 bits per heavy atom. The number of benzene rings is 1. The van der Waals surface area contributed by atoms with Crippen molar-refractivity contribution >= 4 is 28.4 Å². The second kappa shape index (κ2) is 7.95. The second-order valence-electron chi connectivity index (χ2n) is 7.50. The van der Waals surface area contributed by atoms with Crippen molar-refractivity contribution in [3.8, 4) is 6.07 Å². The quantitative estimate of drug-likeness (QED) is 0.880. The normalized spacial score (nSPS) is 22.3. The van der Waals surface area contributed by atoms with Crippen molar-refractivity contribution in [1.29, 1.82) is 5.26 Å². The second-order valence-corrected chi connectivity index (χ2v) is 7.50. The summed E-state index contributed by atoms with van der Waals surface area (Å²) in [6.07, 6.45) is 4.04. The Morgan fingerprint density at radius 1 is 1.25 bits per heavy atom.